The third-order valence-electron chi connectivity index (χ3n) is 7.97. The fourth-order valence-electron chi connectivity index (χ4n) is 5.88. The van der Waals surface area contributed by atoms with Crippen LogP contribution in [0.1, 0.15) is 85.0 Å². The van der Waals surface area contributed by atoms with Crippen molar-refractivity contribution in [2.24, 2.45) is 0 Å². The van der Waals surface area contributed by atoms with Crippen molar-refractivity contribution in [1.29, 1.82) is 0 Å². The van der Waals surface area contributed by atoms with Crippen LogP contribution in [0, 0.1) is 6.92 Å². The van der Waals surface area contributed by atoms with Gasteiger partial charge in [-0.1, -0.05) is 37.6 Å². The van der Waals surface area contributed by atoms with E-state index in [-0.39, 0.29) is 11.9 Å². The average Bonchev–Trinajstić information content (AvgIpc) is 3.47. The van der Waals surface area contributed by atoms with Gasteiger partial charge in [0.05, 0.1) is 12.2 Å². The van der Waals surface area contributed by atoms with Gasteiger partial charge in [0.1, 0.15) is 11.5 Å². The Morgan fingerprint density at radius 2 is 1.68 bits per heavy atom. The summed E-state index contributed by atoms with van der Waals surface area (Å²) in [6, 6.07) is 18.9. The van der Waals surface area contributed by atoms with Gasteiger partial charge >= 0.3 is 5.97 Å². The molecule has 1 atom stereocenters. The lowest BCUT2D eigenvalue weighted by molar-refractivity contribution is 0.0498. The van der Waals surface area contributed by atoms with Crippen molar-refractivity contribution in [3.05, 3.63) is 82.4 Å². The maximum atomic E-state index is 13.3. The van der Waals surface area contributed by atoms with Gasteiger partial charge in [-0.15, -0.1) is 0 Å². The van der Waals surface area contributed by atoms with Crippen LogP contribution in [-0.4, -0.2) is 38.8 Å². The van der Waals surface area contributed by atoms with Crippen molar-refractivity contribution < 1.29 is 14.3 Å². The molecule has 0 amide bonds. The second kappa shape index (κ2) is 11.5. The standard InChI is InChI=1S/C33H40N2O3/c1-5-8-19-37-33(36)26-14-10-9-13-25(26)32-27-16-15-24(34(6-2)7-3)21-31(27)38-30-20-23(4)29(22-28(30)32)35-17-11-12-18-35/h9-10,13-16,20-22,32H,5-8,11-12,17-19H2,1-4H3. The summed E-state index contributed by atoms with van der Waals surface area (Å²) in [4.78, 5) is 18.1. The van der Waals surface area contributed by atoms with E-state index in [1.54, 1.807) is 0 Å². The van der Waals surface area contributed by atoms with Gasteiger partial charge in [0.25, 0.3) is 0 Å². The van der Waals surface area contributed by atoms with Crippen LogP contribution in [0.4, 0.5) is 11.4 Å². The molecule has 3 aromatic rings. The van der Waals surface area contributed by atoms with E-state index >= 15 is 0 Å². The van der Waals surface area contributed by atoms with E-state index in [1.807, 2.05) is 18.2 Å². The number of benzene rings is 3. The Kier molecular flexibility index (Phi) is 7.92. The molecule has 2 heterocycles. The molecule has 1 fully saturated rings. The van der Waals surface area contributed by atoms with Crippen molar-refractivity contribution in [1.82, 2.24) is 0 Å². The molecule has 5 heteroatoms. The molecule has 0 aliphatic carbocycles. The first-order chi connectivity index (χ1) is 18.5. The van der Waals surface area contributed by atoms with Crippen LogP contribution in [0.25, 0.3) is 0 Å². The minimum atomic E-state index is -0.254. The maximum absolute atomic E-state index is 13.3. The zero-order chi connectivity index (χ0) is 26.6. The molecule has 1 unspecified atom stereocenters. The number of carbonyl (C=O) groups excluding carboxylic acids is 1. The number of carbonyl (C=O) groups is 1. The highest BCUT2D eigenvalue weighted by atomic mass is 16.5. The summed E-state index contributed by atoms with van der Waals surface area (Å²) in [6.07, 6.45) is 4.30. The SMILES string of the molecule is CCCCOC(=O)c1ccccc1C1c2ccc(N(CC)CC)cc2Oc2cc(C)c(N3CCCC3)cc21. The Labute approximate surface area is 227 Å². The van der Waals surface area contributed by atoms with Crippen molar-refractivity contribution in [3.63, 3.8) is 0 Å². The normalized spacial score (nSPS) is 16.0. The number of esters is 1. The number of anilines is 2. The molecule has 0 spiro atoms. The Hall–Kier alpha value is -3.47. The largest absolute Gasteiger partial charge is 0.462 e. The molecular formula is C33H40N2O3. The Balaban J connectivity index is 1.66. The number of hydrogen-bond acceptors (Lipinski definition) is 5. The molecule has 2 aliphatic heterocycles. The van der Waals surface area contributed by atoms with Crippen LogP contribution in [0.15, 0.2) is 54.6 Å². The van der Waals surface area contributed by atoms with Crippen molar-refractivity contribution in [2.75, 3.05) is 42.6 Å². The topological polar surface area (TPSA) is 42.0 Å². The number of unbranched alkanes of at least 4 members (excludes halogenated alkanes) is 1. The van der Waals surface area contributed by atoms with Crippen molar-refractivity contribution in [2.45, 2.75) is 59.3 Å². The van der Waals surface area contributed by atoms with Gasteiger partial charge in [0.15, 0.2) is 0 Å². The third-order valence-corrected chi connectivity index (χ3v) is 7.97. The molecule has 0 bridgehead atoms. The van der Waals surface area contributed by atoms with E-state index in [1.165, 1.54) is 24.1 Å². The quantitative estimate of drug-likeness (QED) is 0.170. The number of rotatable bonds is 9. The zero-order valence-corrected chi connectivity index (χ0v) is 23.3. The Bertz CT molecular complexity index is 1290. The summed E-state index contributed by atoms with van der Waals surface area (Å²) >= 11 is 0. The molecule has 0 radical (unpaired) electrons. The van der Waals surface area contributed by atoms with Gasteiger partial charge in [-0.05, 0) is 75.4 Å². The molecule has 3 aromatic carbocycles. The van der Waals surface area contributed by atoms with Crippen LogP contribution in [-0.2, 0) is 4.74 Å². The number of fused-ring (bicyclic) bond motifs is 2. The van der Waals surface area contributed by atoms with Gasteiger partial charge in [-0.3, -0.25) is 0 Å². The van der Waals surface area contributed by atoms with Crippen molar-refractivity contribution >= 4 is 17.3 Å². The predicted octanol–water partition coefficient (Wildman–Crippen LogP) is 7.68. The van der Waals surface area contributed by atoms with Crippen LogP contribution in [0.2, 0.25) is 0 Å². The summed E-state index contributed by atoms with van der Waals surface area (Å²) in [5.41, 5.74) is 7.41. The average molecular weight is 513 g/mol. The third kappa shape index (κ3) is 4.99. The maximum Gasteiger partial charge on any atom is 0.338 e. The Morgan fingerprint density at radius 3 is 2.42 bits per heavy atom. The summed E-state index contributed by atoms with van der Waals surface area (Å²) in [7, 11) is 0. The van der Waals surface area contributed by atoms with E-state index in [0.717, 1.165) is 72.9 Å². The lowest BCUT2D eigenvalue weighted by Crippen LogP contribution is -2.23. The zero-order valence-electron chi connectivity index (χ0n) is 23.3. The predicted molar refractivity (Wildman–Crippen MR) is 155 cm³/mol. The summed E-state index contributed by atoms with van der Waals surface area (Å²) in [5, 5.41) is 0. The van der Waals surface area contributed by atoms with E-state index in [0.29, 0.717) is 12.2 Å². The van der Waals surface area contributed by atoms with E-state index in [4.69, 9.17) is 9.47 Å². The molecular weight excluding hydrogens is 472 g/mol. The molecule has 0 saturated carbocycles. The van der Waals surface area contributed by atoms with Gasteiger partial charge in [0, 0.05) is 60.7 Å². The van der Waals surface area contributed by atoms with Gasteiger partial charge in [-0.25, -0.2) is 4.79 Å². The fraction of sp³-hybridized carbons (Fsp3) is 0.424. The first kappa shape index (κ1) is 26.1. The van der Waals surface area contributed by atoms with Crippen LogP contribution >= 0.6 is 0 Å². The van der Waals surface area contributed by atoms with Crippen molar-refractivity contribution in [3.8, 4) is 11.5 Å². The second-order valence-electron chi connectivity index (χ2n) is 10.4. The van der Waals surface area contributed by atoms with Gasteiger partial charge in [0.2, 0.25) is 0 Å². The minimum Gasteiger partial charge on any atom is -0.462 e. The minimum absolute atomic E-state index is 0.128. The van der Waals surface area contributed by atoms with E-state index in [9.17, 15) is 4.79 Å². The molecule has 1 saturated heterocycles. The number of nitrogens with zero attached hydrogens (tertiary/aromatic N) is 2. The first-order valence-corrected chi connectivity index (χ1v) is 14.3. The van der Waals surface area contributed by atoms with E-state index in [2.05, 4.69) is 73.9 Å². The monoisotopic (exact) mass is 512 g/mol. The lowest BCUT2D eigenvalue weighted by Gasteiger charge is -2.33. The first-order valence-electron chi connectivity index (χ1n) is 14.3. The van der Waals surface area contributed by atoms with Crippen LogP contribution < -0.4 is 14.5 Å². The molecule has 0 aromatic heterocycles. The summed E-state index contributed by atoms with van der Waals surface area (Å²) < 4.78 is 12.3. The van der Waals surface area contributed by atoms with Gasteiger partial charge in [-0.2, -0.15) is 0 Å². The molecule has 200 valence electrons. The highest BCUT2D eigenvalue weighted by molar-refractivity contribution is 5.92. The molecule has 38 heavy (non-hydrogen) atoms. The Morgan fingerprint density at radius 1 is 0.947 bits per heavy atom. The number of hydrogen-bond donors (Lipinski definition) is 0. The molecule has 0 N–H and O–H groups in total. The van der Waals surface area contributed by atoms with Gasteiger partial charge < -0.3 is 19.3 Å². The highest BCUT2D eigenvalue weighted by Crippen LogP contribution is 2.51. The fourth-order valence-corrected chi connectivity index (χ4v) is 5.88. The molecule has 5 nitrogen and oxygen atoms in total. The van der Waals surface area contributed by atoms with Crippen LogP contribution in [0.5, 0.6) is 11.5 Å². The summed E-state index contributed by atoms with van der Waals surface area (Å²) in [5.74, 6) is 1.34. The second-order valence-corrected chi connectivity index (χ2v) is 10.4. The summed E-state index contributed by atoms with van der Waals surface area (Å²) in [6.45, 7) is 13.1. The highest BCUT2D eigenvalue weighted by Gasteiger charge is 2.33. The number of aryl methyl sites for hydroxylation is 1. The van der Waals surface area contributed by atoms with E-state index < -0.39 is 0 Å². The smallest absolute Gasteiger partial charge is 0.338 e. The lowest BCUT2D eigenvalue weighted by atomic mass is 9.80. The van der Waals surface area contributed by atoms with Crippen LogP contribution in [0.3, 0.4) is 0 Å². The molecule has 5 rings (SSSR count). The molecule has 2 aliphatic rings. The number of ether oxygens (including phenoxy) is 2.